The minimum absolute atomic E-state index is 0.0712. The predicted molar refractivity (Wildman–Crippen MR) is 111 cm³/mol. The van der Waals surface area contributed by atoms with Crippen molar-refractivity contribution in [2.45, 2.75) is 37.5 Å². The summed E-state index contributed by atoms with van der Waals surface area (Å²) in [4.78, 5) is 26.9. The van der Waals surface area contributed by atoms with Crippen molar-refractivity contribution >= 4 is 23.2 Å². The van der Waals surface area contributed by atoms with Gasteiger partial charge in [0.05, 0.1) is 10.6 Å². The number of carbonyl (C=O) groups is 2. The van der Waals surface area contributed by atoms with Crippen LogP contribution >= 0.6 is 11.6 Å². The number of likely N-dealkylation sites (tertiary alicyclic amines) is 1. The highest BCUT2D eigenvalue weighted by Gasteiger charge is 2.41. The first-order valence-corrected chi connectivity index (χ1v) is 10.5. The Morgan fingerprint density at radius 1 is 1.03 bits per heavy atom. The minimum atomic E-state index is -4.70. The van der Waals surface area contributed by atoms with Crippen LogP contribution in [-0.4, -0.2) is 46.8 Å². The molecule has 0 spiro atoms. The molecule has 0 bridgehead atoms. The molecule has 3 rings (SSSR count). The number of rotatable bonds is 7. The van der Waals surface area contributed by atoms with E-state index >= 15 is 0 Å². The number of hydrogen-bond donors (Lipinski definition) is 1. The molecule has 0 saturated carbocycles. The zero-order valence-electron chi connectivity index (χ0n) is 17.1. The van der Waals surface area contributed by atoms with Gasteiger partial charge in [-0.05, 0) is 68.3 Å². The van der Waals surface area contributed by atoms with Gasteiger partial charge in [-0.25, -0.2) is 4.39 Å². The lowest BCUT2D eigenvalue weighted by molar-refractivity contribution is -0.137. The van der Waals surface area contributed by atoms with Crippen LogP contribution in [0.15, 0.2) is 42.5 Å². The zero-order chi connectivity index (χ0) is 23.5. The van der Waals surface area contributed by atoms with E-state index in [1.165, 1.54) is 30.3 Å². The van der Waals surface area contributed by atoms with E-state index in [-0.39, 0.29) is 30.6 Å². The van der Waals surface area contributed by atoms with Crippen LogP contribution in [0.25, 0.3) is 0 Å². The second-order valence-corrected chi connectivity index (χ2v) is 8.34. The monoisotopic (exact) mass is 471 g/mol. The molecular formula is C23H22ClF4NO3. The van der Waals surface area contributed by atoms with Crippen molar-refractivity contribution in [2.24, 2.45) is 0 Å². The van der Waals surface area contributed by atoms with E-state index in [2.05, 4.69) is 0 Å². The number of alkyl halides is 3. The quantitative estimate of drug-likeness (QED) is 0.447. The maximum atomic E-state index is 13.1. The van der Waals surface area contributed by atoms with E-state index in [9.17, 15) is 32.3 Å². The molecule has 4 nitrogen and oxygen atoms in total. The molecule has 1 aliphatic rings. The van der Waals surface area contributed by atoms with E-state index in [0.717, 1.165) is 6.07 Å². The Morgan fingerprint density at radius 3 is 2.22 bits per heavy atom. The number of halogens is 5. The lowest BCUT2D eigenvalue weighted by atomic mass is 9.83. The highest BCUT2D eigenvalue weighted by molar-refractivity contribution is 6.31. The van der Waals surface area contributed by atoms with Crippen LogP contribution in [0.3, 0.4) is 0 Å². The smallest absolute Gasteiger partial charge is 0.382 e. The van der Waals surface area contributed by atoms with Crippen LogP contribution in [0.2, 0.25) is 5.02 Å². The summed E-state index contributed by atoms with van der Waals surface area (Å²) in [6.07, 6.45) is -3.74. The average Bonchev–Trinajstić information content (AvgIpc) is 2.74. The van der Waals surface area contributed by atoms with Crippen molar-refractivity contribution < 1.29 is 32.3 Å². The lowest BCUT2D eigenvalue weighted by Gasteiger charge is -2.37. The van der Waals surface area contributed by atoms with Crippen molar-refractivity contribution in [3.63, 3.8) is 0 Å². The fraction of sp³-hybridized carbons (Fsp3) is 0.391. The molecule has 1 aliphatic heterocycles. The van der Waals surface area contributed by atoms with Gasteiger partial charge in [0.15, 0.2) is 11.6 Å². The average molecular weight is 472 g/mol. The van der Waals surface area contributed by atoms with Gasteiger partial charge in [-0.2, -0.15) is 13.2 Å². The van der Waals surface area contributed by atoms with Crippen LogP contribution in [0.4, 0.5) is 17.6 Å². The van der Waals surface area contributed by atoms with Gasteiger partial charge in [-0.3, -0.25) is 9.59 Å². The first-order chi connectivity index (χ1) is 15.0. The van der Waals surface area contributed by atoms with E-state index in [1.807, 2.05) is 4.90 Å². The van der Waals surface area contributed by atoms with E-state index in [0.29, 0.717) is 37.7 Å². The molecule has 1 heterocycles. The third kappa shape index (κ3) is 5.74. The molecule has 0 radical (unpaired) electrons. The van der Waals surface area contributed by atoms with Crippen molar-refractivity contribution in [3.05, 3.63) is 70.0 Å². The minimum Gasteiger partial charge on any atom is -0.382 e. The van der Waals surface area contributed by atoms with Gasteiger partial charge in [-0.15, -0.1) is 0 Å². The third-order valence-corrected chi connectivity index (χ3v) is 6.01. The Morgan fingerprint density at radius 2 is 1.62 bits per heavy atom. The Labute approximate surface area is 187 Å². The van der Waals surface area contributed by atoms with E-state index in [1.54, 1.807) is 0 Å². The second-order valence-electron chi connectivity index (χ2n) is 7.93. The largest absolute Gasteiger partial charge is 0.417 e. The molecule has 32 heavy (non-hydrogen) atoms. The summed E-state index contributed by atoms with van der Waals surface area (Å²) >= 11 is 5.60. The summed E-state index contributed by atoms with van der Waals surface area (Å²) in [5, 5.41) is 10.3. The number of Topliss-reactive ketones (excluding diaryl/α,β-unsaturated/α-hetero) is 2. The fourth-order valence-corrected chi connectivity index (χ4v) is 3.99. The topological polar surface area (TPSA) is 57.6 Å². The van der Waals surface area contributed by atoms with Crippen LogP contribution in [-0.2, 0) is 6.18 Å². The standard InChI is InChI=1S/C23H22ClF4NO3/c24-19-8-5-16(14-18(19)23(26,27)28)21(31)22(32)9-12-29(13-10-22)11-1-2-20(30)15-3-6-17(25)7-4-15/h3-8,14,32H,1-2,9-13H2. The van der Waals surface area contributed by atoms with E-state index < -0.39 is 34.0 Å². The molecule has 172 valence electrons. The first-order valence-electron chi connectivity index (χ1n) is 10.1. The number of aliphatic hydroxyl groups is 1. The number of nitrogens with zero attached hydrogens (tertiary/aromatic N) is 1. The van der Waals surface area contributed by atoms with Crippen molar-refractivity contribution in [2.75, 3.05) is 19.6 Å². The predicted octanol–water partition coefficient (Wildman–Crippen LogP) is 5.17. The van der Waals surface area contributed by atoms with Gasteiger partial charge in [0.1, 0.15) is 11.4 Å². The molecule has 0 atom stereocenters. The highest BCUT2D eigenvalue weighted by atomic mass is 35.5. The summed E-state index contributed by atoms with van der Waals surface area (Å²) in [6.45, 7) is 1.30. The summed E-state index contributed by atoms with van der Waals surface area (Å²) in [6, 6.07) is 8.20. The van der Waals surface area contributed by atoms with Crippen LogP contribution in [0, 0.1) is 5.82 Å². The van der Waals surface area contributed by atoms with Crippen molar-refractivity contribution in [3.8, 4) is 0 Å². The number of benzene rings is 2. The normalized spacial score (nSPS) is 16.7. The molecule has 0 aliphatic carbocycles. The Kier molecular flexibility index (Phi) is 7.37. The SMILES string of the molecule is O=C(CCCN1CCC(O)(C(=O)c2ccc(Cl)c(C(F)(F)F)c2)CC1)c1ccc(F)cc1. The fourth-order valence-electron chi connectivity index (χ4n) is 3.77. The van der Waals surface area contributed by atoms with Gasteiger partial charge in [0.2, 0.25) is 0 Å². The first kappa shape index (κ1) is 24.4. The van der Waals surface area contributed by atoms with Gasteiger partial charge in [-0.1, -0.05) is 11.6 Å². The maximum absolute atomic E-state index is 13.1. The number of piperidine rings is 1. The third-order valence-electron chi connectivity index (χ3n) is 5.68. The Balaban J connectivity index is 1.53. The second kappa shape index (κ2) is 9.68. The van der Waals surface area contributed by atoms with Gasteiger partial charge >= 0.3 is 6.18 Å². The van der Waals surface area contributed by atoms with Crippen LogP contribution in [0.1, 0.15) is 52.0 Å². The zero-order valence-corrected chi connectivity index (χ0v) is 17.8. The molecule has 0 aromatic heterocycles. The molecule has 1 N–H and O–H groups in total. The lowest BCUT2D eigenvalue weighted by Crippen LogP contribution is -2.49. The highest BCUT2D eigenvalue weighted by Crippen LogP contribution is 2.36. The molecule has 1 fully saturated rings. The molecule has 2 aromatic rings. The number of carbonyl (C=O) groups excluding carboxylic acids is 2. The molecule has 1 saturated heterocycles. The molecule has 2 aromatic carbocycles. The van der Waals surface area contributed by atoms with Crippen LogP contribution in [0.5, 0.6) is 0 Å². The van der Waals surface area contributed by atoms with E-state index in [4.69, 9.17) is 11.6 Å². The Hall–Kier alpha value is -2.29. The molecule has 9 heteroatoms. The Bertz CT molecular complexity index is 984. The number of ketones is 2. The summed E-state index contributed by atoms with van der Waals surface area (Å²) < 4.78 is 52.2. The molecule has 0 amide bonds. The number of hydrogen-bond acceptors (Lipinski definition) is 4. The maximum Gasteiger partial charge on any atom is 0.417 e. The summed E-state index contributed by atoms with van der Waals surface area (Å²) in [5.41, 5.74) is -2.66. The summed E-state index contributed by atoms with van der Waals surface area (Å²) in [7, 11) is 0. The van der Waals surface area contributed by atoms with Crippen LogP contribution < -0.4 is 0 Å². The molecular weight excluding hydrogens is 450 g/mol. The van der Waals surface area contributed by atoms with Gasteiger partial charge < -0.3 is 10.0 Å². The molecule has 0 unspecified atom stereocenters. The summed E-state index contributed by atoms with van der Waals surface area (Å²) in [5.74, 6) is -1.27. The van der Waals surface area contributed by atoms with Crippen molar-refractivity contribution in [1.82, 2.24) is 4.90 Å². The van der Waals surface area contributed by atoms with Gasteiger partial charge in [0.25, 0.3) is 0 Å². The van der Waals surface area contributed by atoms with Gasteiger partial charge in [0, 0.05) is 30.6 Å². The van der Waals surface area contributed by atoms with Crippen molar-refractivity contribution in [1.29, 1.82) is 0 Å².